The molecule has 0 radical (unpaired) electrons. The molecule has 5 rings (SSSR count). The fourth-order valence-electron chi connectivity index (χ4n) is 7.64. The minimum Gasteiger partial charge on any atom is -0.352 e. The summed E-state index contributed by atoms with van der Waals surface area (Å²) in [6, 6.07) is 25.5. The standard InChI is InChI=1S/C38H48N2O2/c1-37(2,3)33-29-13-9-7-11-27(29)19-21-31(33)35(41)39-23-25-15-17-26(18-16-25)24-40-36(42)32-22-20-28-12-8-10-14-30(28)34(32)38(4,5)6/h7-18,31-34H,19-24H2,1-6H3,(H,39,41)(H,40,42)/t31-,32-,33+,34+/m1/s1. The molecule has 3 aromatic rings. The Bertz CT molecular complexity index is 1300. The van der Waals surface area contributed by atoms with Gasteiger partial charge in [0.15, 0.2) is 0 Å². The lowest BCUT2D eigenvalue weighted by Gasteiger charge is -2.41. The third-order valence-electron chi connectivity index (χ3n) is 9.53. The van der Waals surface area contributed by atoms with Gasteiger partial charge in [-0.05, 0) is 69.9 Å². The molecule has 0 spiro atoms. The summed E-state index contributed by atoms with van der Waals surface area (Å²) in [6.07, 6.45) is 3.66. The summed E-state index contributed by atoms with van der Waals surface area (Å²) in [4.78, 5) is 26.9. The molecule has 222 valence electrons. The van der Waals surface area contributed by atoms with E-state index in [1.165, 1.54) is 22.3 Å². The van der Waals surface area contributed by atoms with Crippen LogP contribution in [0.25, 0.3) is 0 Å². The summed E-state index contributed by atoms with van der Waals surface area (Å²) in [5.74, 6) is 0.621. The maximum atomic E-state index is 13.4. The Morgan fingerprint density at radius 2 is 0.952 bits per heavy atom. The maximum Gasteiger partial charge on any atom is 0.224 e. The van der Waals surface area contributed by atoms with Crippen molar-refractivity contribution in [1.82, 2.24) is 10.6 Å². The number of carbonyl (C=O) groups excluding carboxylic acids is 2. The molecule has 2 N–H and O–H groups in total. The fraction of sp³-hybridized carbons (Fsp3) is 0.474. The van der Waals surface area contributed by atoms with Gasteiger partial charge in [0.2, 0.25) is 11.8 Å². The van der Waals surface area contributed by atoms with Crippen molar-refractivity contribution in [3.05, 3.63) is 106 Å². The van der Waals surface area contributed by atoms with E-state index in [0.717, 1.165) is 36.8 Å². The molecule has 4 nitrogen and oxygen atoms in total. The lowest BCUT2D eigenvalue weighted by atomic mass is 9.63. The number of benzene rings is 3. The molecule has 4 atom stereocenters. The molecule has 2 amide bonds. The minimum atomic E-state index is -0.0296. The number of nitrogens with one attached hydrogen (secondary N) is 2. The molecule has 4 heteroatoms. The van der Waals surface area contributed by atoms with Gasteiger partial charge in [0, 0.05) is 36.8 Å². The number of hydrogen-bond donors (Lipinski definition) is 2. The number of hydrogen-bond acceptors (Lipinski definition) is 2. The second kappa shape index (κ2) is 12.1. The first-order chi connectivity index (χ1) is 19.9. The lowest BCUT2D eigenvalue weighted by Crippen LogP contribution is -2.41. The van der Waals surface area contributed by atoms with Crippen LogP contribution in [0.2, 0.25) is 0 Å². The van der Waals surface area contributed by atoms with E-state index >= 15 is 0 Å². The molecule has 0 aromatic heterocycles. The van der Waals surface area contributed by atoms with E-state index in [-0.39, 0.29) is 46.3 Å². The predicted octanol–water partition coefficient (Wildman–Crippen LogP) is 7.70. The quantitative estimate of drug-likeness (QED) is 0.322. The number of amides is 2. The summed E-state index contributed by atoms with van der Waals surface area (Å²) in [5, 5.41) is 6.47. The van der Waals surface area contributed by atoms with Crippen molar-refractivity contribution in [2.45, 2.75) is 92.2 Å². The van der Waals surface area contributed by atoms with Crippen molar-refractivity contribution in [1.29, 1.82) is 0 Å². The smallest absolute Gasteiger partial charge is 0.224 e. The van der Waals surface area contributed by atoms with E-state index < -0.39 is 0 Å². The first-order valence-corrected chi connectivity index (χ1v) is 15.7. The highest BCUT2D eigenvalue weighted by molar-refractivity contribution is 5.81. The van der Waals surface area contributed by atoms with Gasteiger partial charge in [0.05, 0.1) is 0 Å². The van der Waals surface area contributed by atoms with Crippen LogP contribution in [0.3, 0.4) is 0 Å². The Morgan fingerprint density at radius 3 is 1.31 bits per heavy atom. The van der Waals surface area contributed by atoms with Crippen LogP contribution >= 0.6 is 0 Å². The first-order valence-electron chi connectivity index (χ1n) is 15.7. The van der Waals surface area contributed by atoms with Crippen LogP contribution in [0.15, 0.2) is 72.8 Å². The molecule has 0 aliphatic heterocycles. The van der Waals surface area contributed by atoms with Crippen LogP contribution in [-0.4, -0.2) is 11.8 Å². The second-order valence-electron chi connectivity index (χ2n) is 14.6. The summed E-state index contributed by atoms with van der Waals surface area (Å²) >= 11 is 0. The van der Waals surface area contributed by atoms with Gasteiger partial charge >= 0.3 is 0 Å². The van der Waals surface area contributed by atoms with E-state index in [1.807, 2.05) is 0 Å². The molecular formula is C38H48N2O2. The predicted molar refractivity (Wildman–Crippen MR) is 171 cm³/mol. The maximum absolute atomic E-state index is 13.4. The van der Waals surface area contributed by atoms with E-state index in [1.54, 1.807) is 0 Å². The highest BCUT2D eigenvalue weighted by Crippen LogP contribution is 2.48. The van der Waals surface area contributed by atoms with Crippen LogP contribution in [0.5, 0.6) is 0 Å². The van der Waals surface area contributed by atoms with Crippen LogP contribution < -0.4 is 10.6 Å². The highest BCUT2D eigenvalue weighted by atomic mass is 16.2. The van der Waals surface area contributed by atoms with Crippen molar-refractivity contribution < 1.29 is 9.59 Å². The molecule has 0 bridgehead atoms. The fourth-order valence-corrected chi connectivity index (χ4v) is 7.64. The van der Waals surface area contributed by atoms with Crippen LogP contribution in [0, 0.1) is 22.7 Å². The van der Waals surface area contributed by atoms with Crippen molar-refractivity contribution in [3.8, 4) is 0 Å². The van der Waals surface area contributed by atoms with E-state index in [0.29, 0.717) is 13.1 Å². The van der Waals surface area contributed by atoms with Gasteiger partial charge in [-0.25, -0.2) is 0 Å². The third kappa shape index (κ3) is 6.48. The number of carbonyl (C=O) groups is 2. The number of fused-ring (bicyclic) bond motifs is 2. The molecular weight excluding hydrogens is 516 g/mol. The zero-order chi connectivity index (χ0) is 30.1. The van der Waals surface area contributed by atoms with Crippen molar-refractivity contribution in [2.75, 3.05) is 0 Å². The average molecular weight is 565 g/mol. The normalized spacial score (nSPS) is 22.0. The van der Waals surface area contributed by atoms with Gasteiger partial charge < -0.3 is 10.6 Å². The molecule has 0 fully saturated rings. The van der Waals surface area contributed by atoms with Gasteiger partial charge in [-0.3, -0.25) is 9.59 Å². The summed E-state index contributed by atoms with van der Waals surface area (Å²) in [7, 11) is 0. The molecule has 0 heterocycles. The van der Waals surface area contributed by atoms with E-state index in [4.69, 9.17) is 0 Å². The van der Waals surface area contributed by atoms with E-state index in [2.05, 4.69) is 125 Å². The van der Waals surface area contributed by atoms with Gasteiger partial charge in [-0.1, -0.05) is 114 Å². The van der Waals surface area contributed by atoms with Gasteiger partial charge in [-0.2, -0.15) is 0 Å². The summed E-state index contributed by atoms with van der Waals surface area (Å²) < 4.78 is 0. The van der Waals surface area contributed by atoms with Crippen LogP contribution in [0.4, 0.5) is 0 Å². The van der Waals surface area contributed by atoms with Crippen LogP contribution in [0.1, 0.15) is 99.6 Å². The monoisotopic (exact) mass is 564 g/mol. The molecule has 2 aliphatic carbocycles. The Morgan fingerprint density at radius 1 is 0.595 bits per heavy atom. The van der Waals surface area contributed by atoms with Crippen LogP contribution in [-0.2, 0) is 35.5 Å². The molecule has 2 aliphatic rings. The molecule has 0 saturated heterocycles. The number of aryl methyl sites for hydroxylation is 2. The Balaban J connectivity index is 1.18. The highest BCUT2D eigenvalue weighted by Gasteiger charge is 2.42. The first kappa shape index (κ1) is 30.1. The van der Waals surface area contributed by atoms with Crippen molar-refractivity contribution >= 4 is 11.8 Å². The molecule has 42 heavy (non-hydrogen) atoms. The Kier molecular flexibility index (Phi) is 8.64. The van der Waals surface area contributed by atoms with Gasteiger partial charge in [0.1, 0.15) is 0 Å². The Hall–Kier alpha value is -3.40. The summed E-state index contributed by atoms with van der Waals surface area (Å²) in [5.41, 5.74) is 7.55. The molecule has 3 aromatic carbocycles. The second-order valence-corrected chi connectivity index (χ2v) is 14.6. The average Bonchev–Trinajstić information content (AvgIpc) is 2.96. The molecule has 0 unspecified atom stereocenters. The minimum absolute atomic E-state index is 0.00147. The van der Waals surface area contributed by atoms with E-state index in [9.17, 15) is 9.59 Å². The zero-order valence-electron chi connectivity index (χ0n) is 26.3. The summed E-state index contributed by atoms with van der Waals surface area (Å²) in [6.45, 7) is 14.5. The third-order valence-corrected chi connectivity index (χ3v) is 9.53. The molecule has 0 saturated carbocycles. The zero-order valence-corrected chi connectivity index (χ0v) is 26.3. The SMILES string of the molecule is CC(C)(C)[C@H]1c2ccccc2CC[C@H]1C(=O)NCc1ccc(CNC(=O)[C@@H]2CCc3ccccc3[C@@H]2C(C)(C)C)cc1. The lowest BCUT2D eigenvalue weighted by molar-refractivity contribution is -0.128. The van der Waals surface area contributed by atoms with Gasteiger partial charge in [-0.15, -0.1) is 0 Å². The Labute approximate surface area is 252 Å². The number of rotatable bonds is 6. The van der Waals surface area contributed by atoms with Crippen molar-refractivity contribution in [2.24, 2.45) is 22.7 Å². The van der Waals surface area contributed by atoms with Crippen molar-refractivity contribution in [3.63, 3.8) is 0 Å². The van der Waals surface area contributed by atoms with Gasteiger partial charge in [0.25, 0.3) is 0 Å². The topological polar surface area (TPSA) is 58.2 Å². The largest absolute Gasteiger partial charge is 0.352 e.